The number of hydrogen-bond donors (Lipinski definition) is 1. The van der Waals surface area contributed by atoms with Gasteiger partial charge in [-0.2, -0.15) is 0 Å². The Morgan fingerprint density at radius 2 is 1.81 bits per heavy atom. The summed E-state index contributed by atoms with van der Waals surface area (Å²) in [6.45, 7) is 11.6. The average molecular weight is 226 g/mol. The van der Waals surface area contributed by atoms with Crippen LogP contribution < -0.4 is 5.73 Å². The van der Waals surface area contributed by atoms with Gasteiger partial charge in [-0.15, -0.1) is 0 Å². The smallest absolute Gasteiger partial charge is 0.00385 e. The maximum absolute atomic E-state index is 5.71. The molecule has 1 aliphatic rings. The van der Waals surface area contributed by atoms with Crippen LogP contribution in [-0.4, -0.2) is 31.1 Å². The fourth-order valence-electron chi connectivity index (χ4n) is 2.66. The Morgan fingerprint density at radius 3 is 2.19 bits per heavy atom. The lowest BCUT2D eigenvalue weighted by Crippen LogP contribution is -2.35. The Bertz CT molecular complexity index is 183. The first-order valence-corrected chi connectivity index (χ1v) is 7.12. The molecule has 0 spiro atoms. The lowest BCUT2D eigenvalue weighted by atomic mass is 9.99. The monoisotopic (exact) mass is 226 g/mol. The van der Waals surface area contributed by atoms with Gasteiger partial charge < -0.3 is 10.6 Å². The molecule has 96 valence electrons. The maximum atomic E-state index is 5.71. The quantitative estimate of drug-likeness (QED) is 0.655. The molecule has 0 radical (unpaired) electrons. The van der Waals surface area contributed by atoms with Crippen molar-refractivity contribution in [3.05, 3.63) is 0 Å². The normalized spacial score (nSPS) is 18.4. The molecule has 0 unspecified atom stereocenters. The summed E-state index contributed by atoms with van der Waals surface area (Å²) in [5, 5.41) is 0. The first kappa shape index (κ1) is 14.0. The van der Waals surface area contributed by atoms with Crippen LogP contribution in [0.5, 0.6) is 0 Å². The summed E-state index contributed by atoms with van der Waals surface area (Å²) in [5.74, 6) is 0.883. The van der Waals surface area contributed by atoms with Gasteiger partial charge in [0.1, 0.15) is 0 Å². The Balaban J connectivity index is 2.36. The zero-order valence-electron chi connectivity index (χ0n) is 11.5. The van der Waals surface area contributed by atoms with E-state index in [9.17, 15) is 0 Å². The van der Waals surface area contributed by atoms with Crippen LogP contribution in [0.15, 0.2) is 0 Å². The molecule has 2 heteroatoms. The molecule has 16 heavy (non-hydrogen) atoms. The van der Waals surface area contributed by atoms with E-state index >= 15 is 0 Å². The Morgan fingerprint density at radius 1 is 1.19 bits per heavy atom. The van der Waals surface area contributed by atoms with Gasteiger partial charge in [-0.1, -0.05) is 33.6 Å². The molecule has 0 bridgehead atoms. The SMILES string of the molecule is CCC(CC)CN(CC)CC1(CCN)CC1. The molecule has 0 heterocycles. The molecule has 1 fully saturated rings. The van der Waals surface area contributed by atoms with Crippen molar-refractivity contribution >= 4 is 0 Å². The van der Waals surface area contributed by atoms with Crippen molar-refractivity contribution in [2.75, 3.05) is 26.2 Å². The highest BCUT2D eigenvalue weighted by Crippen LogP contribution is 2.49. The first-order valence-electron chi connectivity index (χ1n) is 7.12. The summed E-state index contributed by atoms with van der Waals surface area (Å²) in [5.41, 5.74) is 6.31. The molecular formula is C14H30N2. The molecule has 0 saturated heterocycles. The van der Waals surface area contributed by atoms with E-state index in [-0.39, 0.29) is 0 Å². The van der Waals surface area contributed by atoms with Gasteiger partial charge in [-0.05, 0) is 43.7 Å². The molecule has 1 saturated carbocycles. The lowest BCUT2D eigenvalue weighted by Gasteiger charge is -2.29. The fraction of sp³-hybridized carbons (Fsp3) is 1.00. The van der Waals surface area contributed by atoms with Gasteiger partial charge in [0.2, 0.25) is 0 Å². The standard InChI is InChI=1S/C14H30N2/c1-4-13(5-2)11-16(6-3)12-14(7-8-14)9-10-15/h13H,4-12,15H2,1-3H3. The summed E-state index contributed by atoms with van der Waals surface area (Å²) >= 11 is 0. The van der Waals surface area contributed by atoms with E-state index in [0.29, 0.717) is 5.41 Å². The molecular weight excluding hydrogens is 196 g/mol. The largest absolute Gasteiger partial charge is 0.330 e. The van der Waals surface area contributed by atoms with Gasteiger partial charge in [0.15, 0.2) is 0 Å². The van der Waals surface area contributed by atoms with Crippen molar-refractivity contribution in [1.82, 2.24) is 4.90 Å². The molecule has 0 aromatic carbocycles. The van der Waals surface area contributed by atoms with Crippen LogP contribution in [0.25, 0.3) is 0 Å². The molecule has 1 aliphatic carbocycles. The van der Waals surface area contributed by atoms with Crippen molar-refractivity contribution in [3.8, 4) is 0 Å². The fourth-order valence-corrected chi connectivity index (χ4v) is 2.66. The van der Waals surface area contributed by atoms with Crippen molar-refractivity contribution in [1.29, 1.82) is 0 Å². The molecule has 0 aliphatic heterocycles. The second-order valence-electron chi connectivity index (χ2n) is 5.55. The van der Waals surface area contributed by atoms with E-state index in [0.717, 1.165) is 12.5 Å². The summed E-state index contributed by atoms with van der Waals surface area (Å²) in [6, 6.07) is 0. The Hall–Kier alpha value is -0.0800. The van der Waals surface area contributed by atoms with Gasteiger partial charge in [0, 0.05) is 13.1 Å². The second-order valence-corrected chi connectivity index (χ2v) is 5.55. The summed E-state index contributed by atoms with van der Waals surface area (Å²) in [7, 11) is 0. The van der Waals surface area contributed by atoms with Gasteiger partial charge in [-0.25, -0.2) is 0 Å². The Labute approximate surface area is 102 Å². The molecule has 0 aromatic rings. The van der Waals surface area contributed by atoms with Gasteiger partial charge in [-0.3, -0.25) is 0 Å². The van der Waals surface area contributed by atoms with Crippen LogP contribution in [0, 0.1) is 11.3 Å². The first-order chi connectivity index (χ1) is 7.69. The molecule has 2 nitrogen and oxygen atoms in total. The summed E-state index contributed by atoms with van der Waals surface area (Å²) < 4.78 is 0. The van der Waals surface area contributed by atoms with Crippen LogP contribution in [0.3, 0.4) is 0 Å². The second kappa shape index (κ2) is 6.61. The third-order valence-electron chi connectivity index (χ3n) is 4.31. The predicted molar refractivity (Wildman–Crippen MR) is 71.5 cm³/mol. The Kier molecular flexibility index (Phi) is 5.77. The molecule has 1 rings (SSSR count). The van der Waals surface area contributed by atoms with E-state index < -0.39 is 0 Å². The zero-order valence-corrected chi connectivity index (χ0v) is 11.5. The molecule has 2 N–H and O–H groups in total. The van der Waals surface area contributed by atoms with Gasteiger partial charge >= 0.3 is 0 Å². The maximum Gasteiger partial charge on any atom is 0.00385 e. The highest BCUT2D eigenvalue weighted by molar-refractivity contribution is 4.95. The van der Waals surface area contributed by atoms with Crippen LogP contribution in [0.4, 0.5) is 0 Å². The van der Waals surface area contributed by atoms with E-state index in [2.05, 4.69) is 25.7 Å². The minimum Gasteiger partial charge on any atom is -0.330 e. The third kappa shape index (κ3) is 4.06. The average Bonchev–Trinajstić information content (AvgIpc) is 3.04. The van der Waals surface area contributed by atoms with Crippen molar-refractivity contribution in [3.63, 3.8) is 0 Å². The summed E-state index contributed by atoms with van der Waals surface area (Å²) in [6.07, 6.45) is 6.67. The van der Waals surface area contributed by atoms with E-state index in [1.807, 2.05) is 0 Å². The molecule has 0 atom stereocenters. The molecule has 0 amide bonds. The third-order valence-corrected chi connectivity index (χ3v) is 4.31. The highest BCUT2D eigenvalue weighted by Gasteiger charge is 2.42. The minimum atomic E-state index is 0.608. The number of hydrogen-bond acceptors (Lipinski definition) is 2. The van der Waals surface area contributed by atoms with E-state index in [4.69, 9.17) is 5.73 Å². The number of nitrogens with zero attached hydrogens (tertiary/aromatic N) is 1. The number of rotatable bonds is 9. The van der Waals surface area contributed by atoms with Crippen LogP contribution in [0.2, 0.25) is 0 Å². The zero-order chi connectivity index (χ0) is 12.0. The number of nitrogens with two attached hydrogens (primary N) is 1. The van der Waals surface area contributed by atoms with E-state index in [1.54, 1.807) is 0 Å². The lowest BCUT2D eigenvalue weighted by molar-refractivity contribution is 0.188. The van der Waals surface area contributed by atoms with Gasteiger partial charge in [0.05, 0.1) is 0 Å². The topological polar surface area (TPSA) is 29.3 Å². The van der Waals surface area contributed by atoms with Crippen LogP contribution >= 0.6 is 0 Å². The van der Waals surface area contributed by atoms with Crippen molar-refractivity contribution in [2.24, 2.45) is 17.1 Å². The molecule has 0 aromatic heterocycles. The van der Waals surface area contributed by atoms with Crippen molar-refractivity contribution in [2.45, 2.75) is 52.9 Å². The van der Waals surface area contributed by atoms with Crippen LogP contribution in [-0.2, 0) is 0 Å². The van der Waals surface area contributed by atoms with E-state index in [1.165, 1.54) is 51.7 Å². The van der Waals surface area contributed by atoms with Crippen molar-refractivity contribution < 1.29 is 0 Å². The highest BCUT2D eigenvalue weighted by atomic mass is 15.1. The summed E-state index contributed by atoms with van der Waals surface area (Å²) in [4.78, 5) is 2.65. The van der Waals surface area contributed by atoms with Crippen LogP contribution in [0.1, 0.15) is 52.9 Å². The minimum absolute atomic E-state index is 0.608. The predicted octanol–water partition coefficient (Wildman–Crippen LogP) is 2.87. The van der Waals surface area contributed by atoms with Gasteiger partial charge in [0.25, 0.3) is 0 Å².